The average molecular weight is 302 g/mol. The standard InChI is InChI=1S/C16H18N2O4/c1-2-4-12-9-5-3-6-10(9)14-13(18(21)22)8-7-11(16(19)20)15(14)17-12/h3,6-10,12,17H,2,4-5H2,1H3,(H,19,20)/t9-,10+,12+/m1/s1. The van der Waals surface area contributed by atoms with Crippen LogP contribution in [0.15, 0.2) is 24.3 Å². The van der Waals surface area contributed by atoms with Gasteiger partial charge in [-0.1, -0.05) is 25.5 Å². The molecule has 3 atom stereocenters. The van der Waals surface area contributed by atoms with Crippen LogP contribution in [0.4, 0.5) is 11.4 Å². The third-order valence-corrected chi connectivity index (χ3v) is 4.64. The number of carboxylic acid groups (broad SMARTS) is 1. The van der Waals surface area contributed by atoms with Crippen LogP contribution < -0.4 is 5.32 Å². The van der Waals surface area contributed by atoms with Crippen molar-refractivity contribution in [1.82, 2.24) is 0 Å². The Morgan fingerprint density at radius 1 is 1.50 bits per heavy atom. The highest BCUT2D eigenvalue weighted by atomic mass is 16.6. The number of nitrogens with zero attached hydrogens (tertiary/aromatic N) is 1. The first kappa shape index (κ1) is 14.6. The molecule has 116 valence electrons. The number of hydrogen-bond acceptors (Lipinski definition) is 4. The molecule has 0 saturated heterocycles. The van der Waals surface area contributed by atoms with Gasteiger partial charge in [0.2, 0.25) is 0 Å². The minimum atomic E-state index is -1.06. The second-order valence-electron chi connectivity index (χ2n) is 5.88. The second kappa shape index (κ2) is 5.44. The molecule has 6 nitrogen and oxygen atoms in total. The van der Waals surface area contributed by atoms with Crippen LogP contribution in [0.25, 0.3) is 0 Å². The first-order chi connectivity index (χ1) is 10.5. The van der Waals surface area contributed by atoms with Crippen LogP contribution in [0.5, 0.6) is 0 Å². The number of nitro groups is 1. The maximum atomic E-state index is 11.5. The zero-order valence-electron chi connectivity index (χ0n) is 12.3. The van der Waals surface area contributed by atoms with Crippen molar-refractivity contribution < 1.29 is 14.8 Å². The van der Waals surface area contributed by atoms with Gasteiger partial charge >= 0.3 is 5.97 Å². The van der Waals surface area contributed by atoms with Gasteiger partial charge in [0.25, 0.3) is 5.69 Å². The minimum Gasteiger partial charge on any atom is -0.478 e. The molecular formula is C16H18N2O4. The lowest BCUT2D eigenvalue weighted by Crippen LogP contribution is -2.37. The zero-order chi connectivity index (χ0) is 15.9. The molecule has 1 heterocycles. The van der Waals surface area contributed by atoms with Crippen LogP contribution in [-0.2, 0) is 0 Å². The Hall–Kier alpha value is -2.37. The van der Waals surface area contributed by atoms with Gasteiger partial charge in [-0.05, 0) is 24.8 Å². The highest BCUT2D eigenvalue weighted by Crippen LogP contribution is 2.50. The van der Waals surface area contributed by atoms with E-state index in [4.69, 9.17) is 0 Å². The van der Waals surface area contributed by atoms with Crippen LogP contribution >= 0.6 is 0 Å². The SMILES string of the molecule is CCC[C@@H]1Nc2c(C(=O)O)ccc([N+](=O)[O-])c2[C@H]2C=CC[C@@H]12. The van der Waals surface area contributed by atoms with Gasteiger partial charge in [0.05, 0.1) is 21.7 Å². The molecule has 0 unspecified atom stereocenters. The van der Waals surface area contributed by atoms with Gasteiger partial charge in [0.15, 0.2) is 0 Å². The Labute approximate surface area is 128 Å². The molecular weight excluding hydrogens is 284 g/mol. The van der Waals surface area contributed by atoms with E-state index in [1.54, 1.807) is 0 Å². The lowest BCUT2D eigenvalue weighted by molar-refractivity contribution is -0.385. The van der Waals surface area contributed by atoms with E-state index in [1.165, 1.54) is 12.1 Å². The molecule has 6 heteroatoms. The number of nitro benzene ring substituents is 1. The summed E-state index contributed by atoms with van der Waals surface area (Å²) in [7, 11) is 0. The second-order valence-corrected chi connectivity index (χ2v) is 5.88. The Bertz CT molecular complexity index is 668. The minimum absolute atomic E-state index is 0.00370. The van der Waals surface area contributed by atoms with E-state index in [2.05, 4.69) is 12.2 Å². The number of fused-ring (bicyclic) bond motifs is 3. The van der Waals surface area contributed by atoms with Crippen molar-refractivity contribution >= 4 is 17.3 Å². The molecule has 1 aromatic carbocycles. The molecule has 22 heavy (non-hydrogen) atoms. The lowest BCUT2D eigenvalue weighted by atomic mass is 9.76. The number of hydrogen-bond donors (Lipinski definition) is 2. The molecule has 0 amide bonds. The highest BCUT2D eigenvalue weighted by Gasteiger charge is 2.42. The first-order valence-electron chi connectivity index (χ1n) is 7.52. The number of aromatic carboxylic acids is 1. The summed E-state index contributed by atoms with van der Waals surface area (Å²) in [6, 6.07) is 2.79. The average Bonchev–Trinajstić information content (AvgIpc) is 2.95. The number of rotatable bonds is 4. The zero-order valence-corrected chi connectivity index (χ0v) is 12.3. The Morgan fingerprint density at radius 2 is 2.27 bits per heavy atom. The van der Waals surface area contributed by atoms with Gasteiger partial charge in [0.1, 0.15) is 0 Å². The smallest absolute Gasteiger partial charge is 0.337 e. The topological polar surface area (TPSA) is 92.5 Å². The highest BCUT2D eigenvalue weighted by molar-refractivity contribution is 5.97. The fourth-order valence-corrected chi connectivity index (χ4v) is 3.73. The molecule has 2 aliphatic rings. The summed E-state index contributed by atoms with van der Waals surface area (Å²) >= 11 is 0. The predicted octanol–water partition coefficient (Wildman–Crippen LogP) is 3.55. The van der Waals surface area contributed by atoms with Gasteiger partial charge in [-0.25, -0.2) is 4.79 Å². The number of allylic oxidation sites excluding steroid dienone is 2. The molecule has 0 spiro atoms. The molecule has 1 aliphatic carbocycles. The van der Waals surface area contributed by atoms with Crippen LogP contribution in [0, 0.1) is 16.0 Å². The normalized spacial score (nSPS) is 25.2. The van der Waals surface area contributed by atoms with Crippen molar-refractivity contribution in [2.45, 2.75) is 38.1 Å². The molecule has 0 bridgehead atoms. The molecule has 1 aromatic rings. The Morgan fingerprint density at radius 3 is 2.91 bits per heavy atom. The van der Waals surface area contributed by atoms with Crippen molar-refractivity contribution in [3.05, 3.63) is 45.5 Å². The van der Waals surface area contributed by atoms with Gasteiger partial charge < -0.3 is 10.4 Å². The van der Waals surface area contributed by atoms with Crippen molar-refractivity contribution in [3.63, 3.8) is 0 Å². The molecule has 2 N–H and O–H groups in total. The van der Waals surface area contributed by atoms with E-state index >= 15 is 0 Å². The molecule has 0 radical (unpaired) electrons. The predicted molar refractivity (Wildman–Crippen MR) is 82.4 cm³/mol. The summed E-state index contributed by atoms with van der Waals surface area (Å²) in [6.07, 6.45) is 6.81. The number of carboxylic acids is 1. The maximum absolute atomic E-state index is 11.5. The van der Waals surface area contributed by atoms with E-state index in [1.807, 2.05) is 12.2 Å². The quantitative estimate of drug-likeness (QED) is 0.504. The largest absolute Gasteiger partial charge is 0.478 e. The summed E-state index contributed by atoms with van der Waals surface area (Å²) < 4.78 is 0. The molecule has 0 aromatic heterocycles. The summed E-state index contributed by atoms with van der Waals surface area (Å²) in [6.45, 7) is 2.08. The van der Waals surface area contributed by atoms with E-state index in [9.17, 15) is 20.0 Å². The fourth-order valence-electron chi connectivity index (χ4n) is 3.73. The van der Waals surface area contributed by atoms with Crippen molar-refractivity contribution in [2.75, 3.05) is 5.32 Å². The third-order valence-electron chi connectivity index (χ3n) is 4.64. The van der Waals surface area contributed by atoms with Crippen molar-refractivity contribution in [3.8, 4) is 0 Å². The fraction of sp³-hybridized carbons (Fsp3) is 0.438. The Kier molecular flexibility index (Phi) is 3.60. The number of carbonyl (C=O) groups is 1. The van der Waals surface area contributed by atoms with E-state index < -0.39 is 10.9 Å². The van der Waals surface area contributed by atoms with E-state index in [0.717, 1.165) is 19.3 Å². The van der Waals surface area contributed by atoms with Crippen LogP contribution in [0.1, 0.15) is 48.0 Å². The first-order valence-corrected chi connectivity index (χ1v) is 7.52. The van der Waals surface area contributed by atoms with Gasteiger partial charge in [-0.2, -0.15) is 0 Å². The third kappa shape index (κ3) is 2.15. The Balaban J connectivity index is 2.20. The number of nitrogens with one attached hydrogen (secondary N) is 1. The van der Waals surface area contributed by atoms with Gasteiger partial charge in [0, 0.05) is 18.0 Å². The van der Waals surface area contributed by atoms with Gasteiger partial charge in [-0.15, -0.1) is 0 Å². The molecule has 1 aliphatic heterocycles. The summed E-state index contributed by atoms with van der Waals surface area (Å²) in [4.78, 5) is 22.4. The van der Waals surface area contributed by atoms with Crippen LogP contribution in [-0.4, -0.2) is 22.0 Å². The number of anilines is 1. The lowest BCUT2D eigenvalue weighted by Gasteiger charge is -2.37. The van der Waals surface area contributed by atoms with E-state index in [-0.39, 0.29) is 29.1 Å². The summed E-state index contributed by atoms with van der Waals surface area (Å²) in [5.41, 5.74) is 1.06. The van der Waals surface area contributed by atoms with Crippen LogP contribution in [0.3, 0.4) is 0 Å². The summed E-state index contributed by atoms with van der Waals surface area (Å²) in [5.74, 6) is -0.878. The molecule has 0 fully saturated rings. The maximum Gasteiger partial charge on any atom is 0.337 e. The molecule has 0 saturated carbocycles. The van der Waals surface area contributed by atoms with Crippen molar-refractivity contribution in [1.29, 1.82) is 0 Å². The molecule has 3 rings (SSSR count). The summed E-state index contributed by atoms with van der Waals surface area (Å²) in [5, 5.41) is 24.0. The monoisotopic (exact) mass is 302 g/mol. The van der Waals surface area contributed by atoms with Crippen molar-refractivity contribution in [2.24, 2.45) is 5.92 Å². The van der Waals surface area contributed by atoms with Gasteiger partial charge in [-0.3, -0.25) is 10.1 Å². The number of benzene rings is 1. The van der Waals surface area contributed by atoms with E-state index in [0.29, 0.717) is 11.3 Å². The van der Waals surface area contributed by atoms with Crippen LogP contribution in [0.2, 0.25) is 0 Å².